The SMILES string of the molecule is COc1ccc(-c2cnc(N)c(-c3cnc(CC(=O)c4cn(CC5CCOCC5)cc(-c5ccc(C)cc5)c4=O)cn3)c2)cc1OC.Cc1ccc(-c2cn(CC3CCOCC3)cc(C(=O)Cc3cnc(Br)cn3)c2=O)cc1. The molecule has 0 aliphatic carbocycles. The summed E-state index contributed by atoms with van der Waals surface area (Å²) < 4.78 is 26.4. The highest BCUT2D eigenvalue weighted by Crippen LogP contribution is 2.35. The second kappa shape index (κ2) is 25.4. The second-order valence-electron chi connectivity index (χ2n) is 19.7. The summed E-state index contributed by atoms with van der Waals surface area (Å²) in [5.41, 5.74) is 14.6. The van der Waals surface area contributed by atoms with Gasteiger partial charge in [0.1, 0.15) is 10.4 Å². The van der Waals surface area contributed by atoms with Gasteiger partial charge < -0.3 is 33.8 Å². The smallest absolute Gasteiger partial charge is 0.200 e. The van der Waals surface area contributed by atoms with E-state index in [4.69, 9.17) is 24.7 Å². The molecule has 2 N–H and O–H groups in total. The summed E-state index contributed by atoms with van der Waals surface area (Å²) in [5, 5.41) is 0. The predicted molar refractivity (Wildman–Crippen MR) is 303 cm³/mol. The average molecular weight is 1110 g/mol. The minimum Gasteiger partial charge on any atom is -0.493 e. The standard InChI is InChI=1S/C37H37N5O5.C24H24BrN3O3/c1-23-4-6-25(7-5-23)30-21-42(20-24-10-12-47-13-11-24)22-31(36(30)44)33(43)16-28-18-40-32(19-39-28)29-14-27(17-41-37(29)38)26-8-9-34(45-2)35(15-26)46-3;1-16-2-4-18(5-3-16)20-14-28(13-17-6-8-31-9-7-17)15-21(24(20)30)22(29)10-19-11-27-23(25)12-26-19/h4-9,14-15,17-19,21-22,24H,10-13,16,20H2,1-3H3,(H2,38,41);2-5,11-12,14-15,17H,6-10,13H2,1H3. The number of aromatic nitrogens is 7. The van der Waals surface area contributed by atoms with Crippen LogP contribution in [0.15, 0.2) is 143 Å². The molecule has 5 aromatic heterocycles. The third-order valence-corrected chi connectivity index (χ3v) is 14.5. The number of halogens is 1. The van der Waals surface area contributed by atoms with Crippen LogP contribution < -0.4 is 26.1 Å². The Hall–Kier alpha value is -7.99. The maximum atomic E-state index is 13.7. The molecule has 16 nitrogen and oxygen atoms in total. The number of carbonyl (C=O) groups is 2. The fourth-order valence-electron chi connectivity index (χ4n) is 9.59. The molecule has 2 aliphatic heterocycles. The Kier molecular flexibility index (Phi) is 17.9. The van der Waals surface area contributed by atoms with Crippen LogP contribution in [0.2, 0.25) is 0 Å². The quantitative estimate of drug-likeness (QED) is 0.0895. The van der Waals surface area contributed by atoms with E-state index >= 15 is 0 Å². The highest BCUT2D eigenvalue weighted by atomic mass is 79.9. The highest BCUT2D eigenvalue weighted by molar-refractivity contribution is 9.10. The van der Waals surface area contributed by atoms with E-state index < -0.39 is 0 Å². The number of anilines is 1. The zero-order chi connectivity index (χ0) is 54.7. The van der Waals surface area contributed by atoms with Gasteiger partial charge in [-0.2, -0.15) is 0 Å². The number of ether oxygens (including phenoxy) is 4. The number of pyridine rings is 3. The third-order valence-electron chi connectivity index (χ3n) is 14.1. The molecule has 0 amide bonds. The molecule has 400 valence electrons. The maximum Gasteiger partial charge on any atom is 0.200 e. The van der Waals surface area contributed by atoms with Crippen molar-refractivity contribution < 1.29 is 28.5 Å². The number of methoxy groups -OCH3 is 2. The molecule has 10 rings (SSSR count). The van der Waals surface area contributed by atoms with Gasteiger partial charge in [-0.1, -0.05) is 65.7 Å². The summed E-state index contributed by atoms with van der Waals surface area (Å²) >= 11 is 3.24. The van der Waals surface area contributed by atoms with Crippen molar-refractivity contribution in [2.24, 2.45) is 11.8 Å². The molecule has 0 spiro atoms. The van der Waals surface area contributed by atoms with Crippen molar-refractivity contribution in [3.8, 4) is 56.1 Å². The first-order valence-corrected chi connectivity index (χ1v) is 26.7. The molecule has 0 radical (unpaired) electrons. The normalized spacial score (nSPS) is 13.8. The Morgan fingerprint density at radius 3 is 1.51 bits per heavy atom. The highest BCUT2D eigenvalue weighted by Gasteiger charge is 2.23. The second-order valence-corrected chi connectivity index (χ2v) is 20.5. The molecule has 78 heavy (non-hydrogen) atoms. The van der Waals surface area contributed by atoms with Crippen LogP contribution in [0.1, 0.15) is 68.9 Å². The van der Waals surface area contributed by atoms with Gasteiger partial charge in [-0.3, -0.25) is 34.1 Å². The van der Waals surface area contributed by atoms with Crippen molar-refractivity contribution >= 4 is 33.3 Å². The number of nitrogens with two attached hydrogens (primary N) is 1. The van der Waals surface area contributed by atoms with Gasteiger partial charge in [0.15, 0.2) is 33.9 Å². The fourth-order valence-corrected chi connectivity index (χ4v) is 9.80. The van der Waals surface area contributed by atoms with E-state index in [-0.39, 0.29) is 46.4 Å². The van der Waals surface area contributed by atoms with Gasteiger partial charge in [-0.25, -0.2) is 9.97 Å². The molecule has 0 bridgehead atoms. The molecule has 8 aromatic rings. The Morgan fingerprint density at radius 1 is 0.564 bits per heavy atom. The van der Waals surface area contributed by atoms with E-state index in [1.807, 2.05) is 108 Å². The number of aryl methyl sites for hydroxylation is 2. The van der Waals surface area contributed by atoms with E-state index in [1.165, 1.54) is 0 Å². The summed E-state index contributed by atoms with van der Waals surface area (Å²) in [6.45, 7) is 8.41. The number of hydrogen-bond acceptors (Lipinski definition) is 14. The third kappa shape index (κ3) is 13.6. The first kappa shape index (κ1) is 54.8. The maximum absolute atomic E-state index is 13.7. The van der Waals surface area contributed by atoms with E-state index in [0.717, 1.165) is 92.0 Å². The molecule has 17 heteroatoms. The molecular formula is C61H61BrN8O8. The van der Waals surface area contributed by atoms with Crippen LogP contribution in [-0.4, -0.2) is 86.3 Å². The fraction of sp³-hybridized carbons (Fsp3) is 0.295. The van der Waals surface area contributed by atoms with Gasteiger partial charge in [0.25, 0.3) is 0 Å². The monoisotopic (exact) mass is 1110 g/mol. The van der Waals surface area contributed by atoms with E-state index in [9.17, 15) is 19.2 Å². The molecular weight excluding hydrogens is 1050 g/mol. The van der Waals surface area contributed by atoms with Crippen LogP contribution in [0.5, 0.6) is 11.5 Å². The lowest BCUT2D eigenvalue weighted by Crippen LogP contribution is -2.25. The first-order chi connectivity index (χ1) is 37.8. The van der Waals surface area contributed by atoms with Crippen molar-refractivity contribution in [3.63, 3.8) is 0 Å². The largest absolute Gasteiger partial charge is 0.493 e. The van der Waals surface area contributed by atoms with E-state index in [0.29, 0.717) is 74.1 Å². The van der Waals surface area contributed by atoms with Crippen LogP contribution in [0.4, 0.5) is 5.82 Å². The summed E-state index contributed by atoms with van der Waals surface area (Å²) in [6.07, 6.45) is 18.8. The van der Waals surface area contributed by atoms with Crippen LogP contribution in [0.3, 0.4) is 0 Å². The Balaban J connectivity index is 0.000000206. The van der Waals surface area contributed by atoms with Crippen molar-refractivity contribution in [3.05, 3.63) is 187 Å². The number of ketones is 2. The number of rotatable bonds is 16. The lowest BCUT2D eigenvalue weighted by molar-refractivity contribution is 0.0611. The van der Waals surface area contributed by atoms with Crippen LogP contribution >= 0.6 is 15.9 Å². The molecule has 0 saturated carbocycles. The molecule has 0 unspecified atom stereocenters. The molecule has 2 saturated heterocycles. The van der Waals surface area contributed by atoms with Crippen molar-refractivity contribution in [2.45, 2.75) is 65.5 Å². The summed E-state index contributed by atoms with van der Waals surface area (Å²) in [7, 11) is 3.17. The Bertz CT molecular complexity index is 3520. The number of hydrogen-bond donors (Lipinski definition) is 1. The first-order valence-electron chi connectivity index (χ1n) is 25.9. The number of benzene rings is 3. The Labute approximate surface area is 460 Å². The van der Waals surface area contributed by atoms with Gasteiger partial charge in [-0.05, 0) is 102 Å². The summed E-state index contributed by atoms with van der Waals surface area (Å²) in [5.74, 6) is 1.81. The van der Waals surface area contributed by atoms with Crippen LogP contribution in [0, 0.1) is 25.7 Å². The zero-order valence-electron chi connectivity index (χ0n) is 44.1. The molecule has 7 heterocycles. The summed E-state index contributed by atoms with van der Waals surface area (Å²) in [6, 6.07) is 23.1. The topological polar surface area (TPSA) is 206 Å². The van der Waals surface area contributed by atoms with Crippen molar-refractivity contribution in [1.29, 1.82) is 0 Å². The minimum atomic E-state index is -0.316. The van der Waals surface area contributed by atoms with Gasteiger partial charge in [0.2, 0.25) is 0 Å². The summed E-state index contributed by atoms with van der Waals surface area (Å²) in [4.78, 5) is 75.6. The lowest BCUT2D eigenvalue weighted by Gasteiger charge is -2.23. The van der Waals surface area contributed by atoms with Gasteiger partial charge >= 0.3 is 0 Å². The number of carbonyl (C=O) groups excluding carboxylic acids is 2. The van der Waals surface area contributed by atoms with Crippen LogP contribution in [0.25, 0.3) is 44.6 Å². The van der Waals surface area contributed by atoms with Gasteiger partial charge in [0, 0.05) is 99.0 Å². The number of nitrogen functional groups attached to an aromatic ring is 1. The molecule has 0 atom stereocenters. The van der Waals surface area contributed by atoms with Crippen molar-refractivity contribution in [1.82, 2.24) is 34.1 Å². The lowest BCUT2D eigenvalue weighted by atomic mass is 9.98. The molecule has 3 aromatic carbocycles. The van der Waals surface area contributed by atoms with Gasteiger partial charge in [0.05, 0.1) is 73.9 Å². The number of Topliss-reactive ketones (excluding diaryl/α,β-unsaturated/α-hetero) is 2. The number of nitrogens with zero attached hydrogens (tertiary/aromatic N) is 7. The zero-order valence-corrected chi connectivity index (χ0v) is 45.7. The average Bonchev–Trinajstić information content (AvgIpc) is 3.51. The minimum absolute atomic E-state index is 0.0319. The van der Waals surface area contributed by atoms with E-state index in [2.05, 4.69) is 40.8 Å². The predicted octanol–water partition coefficient (Wildman–Crippen LogP) is 10.0. The Morgan fingerprint density at radius 2 is 1.05 bits per heavy atom. The van der Waals surface area contributed by atoms with Crippen molar-refractivity contribution in [2.75, 3.05) is 46.4 Å². The van der Waals surface area contributed by atoms with Crippen LogP contribution in [-0.2, 0) is 35.4 Å². The van der Waals surface area contributed by atoms with Gasteiger partial charge in [-0.15, -0.1) is 0 Å². The molecule has 2 fully saturated rings. The molecule has 2 aliphatic rings. The van der Waals surface area contributed by atoms with E-state index in [1.54, 1.807) is 57.6 Å².